The molecule has 0 amide bonds. The van der Waals surface area contributed by atoms with E-state index in [0.29, 0.717) is 16.8 Å². The maximum atomic E-state index is 11.3. The zero-order chi connectivity index (χ0) is 12.3. The molecule has 1 atom stereocenters. The van der Waals surface area contributed by atoms with E-state index >= 15 is 0 Å². The predicted molar refractivity (Wildman–Crippen MR) is 75.1 cm³/mol. The normalized spacial score (nSPS) is 18.2. The van der Waals surface area contributed by atoms with Crippen LogP contribution in [0.25, 0.3) is 0 Å². The van der Waals surface area contributed by atoms with Crippen molar-refractivity contribution >= 4 is 28.1 Å². The lowest BCUT2D eigenvalue weighted by molar-refractivity contribution is 0.686. The summed E-state index contributed by atoms with van der Waals surface area (Å²) < 4.78 is 11.3. The Morgan fingerprint density at radius 2 is 2.12 bits per heavy atom. The van der Waals surface area contributed by atoms with Gasteiger partial charge in [-0.2, -0.15) is 0 Å². The van der Waals surface area contributed by atoms with Gasteiger partial charge in [0.2, 0.25) is 0 Å². The lowest BCUT2D eigenvalue weighted by Crippen LogP contribution is -2.14. The summed E-state index contributed by atoms with van der Waals surface area (Å²) in [5.74, 6) is 0.527. The van der Waals surface area contributed by atoms with Gasteiger partial charge in [-0.05, 0) is 36.6 Å². The SMILES string of the molecule is C[S@@](=O)Cc1cc(NC2CCCC2)ccc1Cl. The Morgan fingerprint density at radius 3 is 2.76 bits per heavy atom. The molecule has 0 aliphatic heterocycles. The molecule has 0 bridgehead atoms. The number of rotatable bonds is 4. The highest BCUT2D eigenvalue weighted by atomic mass is 35.5. The molecule has 0 aromatic heterocycles. The summed E-state index contributed by atoms with van der Waals surface area (Å²) in [5, 5.41) is 4.23. The summed E-state index contributed by atoms with van der Waals surface area (Å²) in [6.45, 7) is 0. The lowest BCUT2D eigenvalue weighted by atomic mass is 10.2. The Balaban J connectivity index is 2.09. The minimum atomic E-state index is -0.851. The van der Waals surface area contributed by atoms with Crippen molar-refractivity contribution in [1.29, 1.82) is 0 Å². The Morgan fingerprint density at radius 1 is 1.41 bits per heavy atom. The largest absolute Gasteiger partial charge is 0.382 e. The lowest BCUT2D eigenvalue weighted by Gasteiger charge is -2.14. The van der Waals surface area contributed by atoms with Gasteiger partial charge in [0.05, 0.1) is 0 Å². The first-order valence-electron chi connectivity index (χ1n) is 6.00. The van der Waals surface area contributed by atoms with E-state index in [1.807, 2.05) is 18.2 Å². The minimum absolute atomic E-state index is 0.527. The Hall–Kier alpha value is -0.540. The van der Waals surface area contributed by atoms with Crippen LogP contribution >= 0.6 is 11.6 Å². The topological polar surface area (TPSA) is 29.1 Å². The summed E-state index contributed by atoms with van der Waals surface area (Å²) in [6, 6.07) is 6.52. The number of benzene rings is 1. The van der Waals surface area contributed by atoms with Gasteiger partial charge in [-0.3, -0.25) is 4.21 Å². The van der Waals surface area contributed by atoms with E-state index in [4.69, 9.17) is 11.6 Å². The van der Waals surface area contributed by atoms with Gasteiger partial charge < -0.3 is 5.32 Å². The summed E-state index contributed by atoms with van der Waals surface area (Å²) in [6.07, 6.45) is 6.83. The summed E-state index contributed by atoms with van der Waals surface area (Å²) in [4.78, 5) is 0. The van der Waals surface area contributed by atoms with Crippen LogP contribution in [-0.4, -0.2) is 16.5 Å². The number of hydrogen-bond acceptors (Lipinski definition) is 2. The molecule has 0 saturated heterocycles. The van der Waals surface area contributed by atoms with E-state index in [1.54, 1.807) is 6.26 Å². The molecule has 1 aliphatic rings. The zero-order valence-electron chi connectivity index (χ0n) is 10.0. The molecule has 1 N–H and O–H groups in total. The van der Waals surface area contributed by atoms with Crippen LogP contribution in [0.5, 0.6) is 0 Å². The first kappa shape index (κ1) is 12.9. The van der Waals surface area contributed by atoms with Gasteiger partial charge in [0.15, 0.2) is 0 Å². The van der Waals surface area contributed by atoms with Crippen LogP contribution in [0.2, 0.25) is 5.02 Å². The molecular weight excluding hydrogens is 254 g/mol. The van der Waals surface area contributed by atoms with Crippen LogP contribution in [0, 0.1) is 0 Å². The van der Waals surface area contributed by atoms with E-state index in [0.717, 1.165) is 11.3 Å². The Labute approximate surface area is 110 Å². The zero-order valence-corrected chi connectivity index (χ0v) is 11.6. The van der Waals surface area contributed by atoms with Crippen molar-refractivity contribution in [3.63, 3.8) is 0 Å². The third-order valence-electron chi connectivity index (χ3n) is 3.13. The summed E-state index contributed by atoms with van der Waals surface area (Å²) in [5.41, 5.74) is 2.07. The quantitative estimate of drug-likeness (QED) is 0.907. The molecule has 0 unspecified atom stereocenters. The van der Waals surface area contributed by atoms with Gasteiger partial charge in [0, 0.05) is 39.6 Å². The maximum Gasteiger partial charge on any atom is 0.0498 e. The molecule has 1 aromatic rings. The second-order valence-electron chi connectivity index (χ2n) is 4.65. The molecule has 1 fully saturated rings. The number of nitrogens with one attached hydrogen (secondary N) is 1. The third kappa shape index (κ3) is 3.71. The highest BCUT2D eigenvalue weighted by Gasteiger charge is 2.14. The number of hydrogen-bond donors (Lipinski definition) is 1. The van der Waals surface area contributed by atoms with Crippen LogP contribution in [0.15, 0.2) is 18.2 Å². The van der Waals surface area contributed by atoms with Crippen LogP contribution in [0.4, 0.5) is 5.69 Å². The monoisotopic (exact) mass is 271 g/mol. The molecule has 17 heavy (non-hydrogen) atoms. The number of anilines is 1. The third-order valence-corrected chi connectivity index (χ3v) is 4.22. The van der Waals surface area contributed by atoms with E-state index in [9.17, 15) is 4.21 Å². The Bertz CT molecular complexity index is 416. The summed E-state index contributed by atoms with van der Waals surface area (Å²) >= 11 is 6.09. The van der Waals surface area contributed by atoms with Gasteiger partial charge in [-0.15, -0.1) is 0 Å². The molecule has 0 spiro atoms. The van der Waals surface area contributed by atoms with Crippen molar-refractivity contribution in [1.82, 2.24) is 0 Å². The number of halogens is 1. The van der Waals surface area contributed by atoms with Crippen molar-refractivity contribution in [2.75, 3.05) is 11.6 Å². The first-order chi connectivity index (χ1) is 8.15. The average molecular weight is 272 g/mol. The smallest absolute Gasteiger partial charge is 0.0498 e. The molecule has 2 rings (SSSR count). The van der Waals surface area contributed by atoms with Crippen molar-refractivity contribution in [2.45, 2.75) is 37.5 Å². The van der Waals surface area contributed by atoms with E-state index < -0.39 is 10.8 Å². The van der Waals surface area contributed by atoms with Crippen LogP contribution in [-0.2, 0) is 16.6 Å². The molecule has 2 nitrogen and oxygen atoms in total. The highest BCUT2D eigenvalue weighted by Crippen LogP contribution is 2.26. The van der Waals surface area contributed by atoms with Crippen LogP contribution in [0.1, 0.15) is 31.2 Å². The van der Waals surface area contributed by atoms with Gasteiger partial charge >= 0.3 is 0 Å². The van der Waals surface area contributed by atoms with Gasteiger partial charge in [-0.25, -0.2) is 0 Å². The predicted octanol–water partition coefficient (Wildman–Crippen LogP) is 3.57. The van der Waals surface area contributed by atoms with Crippen LogP contribution < -0.4 is 5.32 Å². The second kappa shape index (κ2) is 5.87. The molecule has 4 heteroatoms. The fourth-order valence-electron chi connectivity index (χ4n) is 2.30. The standard InChI is InChI=1S/C13H18ClNOS/c1-17(16)9-10-8-12(6-7-13(10)14)15-11-4-2-3-5-11/h6-8,11,15H,2-5,9H2,1H3/t17-/m1/s1. The summed E-state index contributed by atoms with van der Waals surface area (Å²) in [7, 11) is -0.851. The van der Waals surface area contributed by atoms with Gasteiger partial charge in [0.1, 0.15) is 0 Å². The van der Waals surface area contributed by atoms with E-state index in [2.05, 4.69) is 5.32 Å². The maximum absolute atomic E-state index is 11.3. The van der Waals surface area contributed by atoms with Crippen molar-refractivity contribution in [3.8, 4) is 0 Å². The molecule has 1 saturated carbocycles. The second-order valence-corrected chi connectivity index (χ2v) is 6.49. The molecule has 1 aliphatic carbocycles. The molecular formula is C13H18ClNOS. The van der Waals surface area contributed by atoms with Gasteiger partial charge in [0.25, 0.3) is 0 Å². The average Bonchev–Trinajstić information content (AvgIpc) is 2.75. The van der Waals surface area contributed by atoms with Crippen LogP contribution in [0.3, 0.4) is 0 Å². The van der Waals surface area contributed by atoms with Crippen molar-refractivity contribution < 1.29 is 4.21 Å². The van der Waals surface area contributed by atoms with E-state index in [1.165, 1.54) is 25.7 Å². The fourth-order valence-corrected chi connectivity index (χ4v) is 3.24. The fraction of sp³-hybridized carbons (Fsp3) is 0.538. The minimum Gasteiger partial charge on any atom is -0.382 e. The molecule has 1 aromatic carbocycles. The van der Waals surface area contributed by atoms with E-state index in [-0.39, 0.29) is 0 Å². The van der Waals surface area contributed by atoms with Crippen molar-refractivity contribution in [3.05, 3.63) is 28.8 Å². The van der Waals surface area contributed by atoms with Gasteiger partial charge in [-0.1, -0.05) is 24.4 Å². The first-order valence-corrected chi connectivity index (χ1v) is 8.10. The molecule has 94 valence electrons. The molecule has 0 heterocycles. The highest BCUT2D eigenvalue weighted by molar-refractivity contribution is 7.83. The molecule has 0 radical (unpaired) electrons. The van der Waals surface area contributed by atoms with Crippen molar-refractivity contribution in [2.24, 2.45) is 0 Å². The Kier molecular flexibility index (Phi) is 4.46.